The number of nitrogens with zero attached hydrogens (tertiary/aromatic N) is 3. The average Bonchev–Trinajstić information content (AvgIpc) is 3.30. The standard InChI is InChI=1S/C23H24N4O/c28-23(20-7-6-8-22(17-20)27-15-4-5-16-27)25-24-18-19-9-11-21(12-10-19)26-13-2-1-3-14-26/h4-12,15-18H,1-3,13-14H2,(H,25,28)/b24-18+. The molecule has 5 heteroatoms. The molecule has 0 bridgehead atoms. The molecule has 5 nitrogen and oxygen atoms in total. The van der Waals surface area contributed by atoms with Crippen molar-refractivity contribution in [3.8, 4) is 5.69 Å². The van der Waals surface area contributed by atoms with Crippen molar-refractivity contribution in [1.29, 1.82) is 0 Å². The summed E-state index contributed by atoms with van der Waals surface area (Å²) in [6, 6.07) is 19.7. The van der Waals surface area contributed by atoms with Crippen molar-refractivity contribution >= 4 is 17.8 Å². The van der Waals surface area contributed by atoms with Crippen LogP contribution >= 0.6 is 0 Å². The lowest BCUT2D eigenvalue weighted by atomic mass is 10.1. The fraction of sp³-hybridized carbons (Fsp3) is 0.217. The molecule has 1 N–H and O–H groups in total. The first-order valence-electron chi connectivity index (χ1n) is 9.71. The van der Waals surface area contributed by atoms with Crippen molar-refractivity contribution in [3.63, 3.8) is 0 Å². The number of carbonyl (C=O) groups excluding carboxylic acids is 1. The molecule has 2 heterocycles. The largest absolute Gasteiger partial charge is 0.372 e. The van der Waals surface area contributed by atoms with Crippen LogP contribution in [0, 0.1) is 0 Å². The van der Waals surface area contributed by atoms with Crippen LogP contribution < -0.4 is 10.3 Å². The van der Waals surface area contributed by atoms with Gasteiger partial charge in [0.05, 0.1) is 6.21 Å². The molecular formula is C23H24N4O. The molecule has 0 saturated carbocycles. The zero-order chi connectivity index (χ0) is 19.2. The smallest absolute Gasteiger partial charge is 0.271 e. The number of anilines is 1. The lowest BCUT2D eigenvalue weighted by molar-refractivity contribution is 0.0955. The first-order valence-corrected chi connectivity index (χ1v) is 9.71. The number of piperidine rings is 1. The number of hydrazone groups is 1. The van der Waals surface area contributed by atoms with E-state index in [4.69, 9.17) is 0 Å². The number of hydrogen-bond acceptors (Lipinski definition) is 3. The quantitative estimate of drug-likeness (QED) is 0.538. The first-order chi connectivity index (χ1) is 13.8. The summed E-state index contributed by atoms with van der Waals surface area (Å²) < 4.78 is 1.96. The van der Waals surface area contributed by atoms with Crippen LogP contribution in [-0.2, 0) is 0 Å². The van der Waals surface area contributed by atoms with Crippen LogP contribution in [-0.4, -0.2) is 29.8 Å². The molecule has 1 amide bonds. The van der Waals surface area contributed by atoms with Crippen molar-refractivity contribution in [2.24, 2.45) is 5.10 Å². The zero-order valence-corrected chi connectivity index (χ0v) is 15.8. The Morgan fingerprint density at radius 1 is 0.893 bits per heavy atom. The van der Waals surface area contributed by atoms with E-state index in [2.05, 4.69) is 27.6 Å². The van der Waals surface area contributed by atoms with Gasteiger partial charge in [-0.25, -0.2) is 5.43 Å². The Morgan fingerprint density at radius 3 is 2.39 bits per heavy atom. The third-order valence-corrected chi connectivity index (χ3v) is 5.00. The molecule has 0 atom stereocenters. The normalized spacial score (nSPS) is 14.4. The van der Waals surface area contributed by atoms with E-state index in [0.29, 0.717) is 5.56 Å². The van der Waals surface area contributed by atoms with Gasteiger partial charge in [0.1, 0.15) is 0 Å². The molecule has 3 aromatic rings. The van der Waals surface area contributed by atoms with Crippen molar-refractivity contribution < 1.29 is 4.79 Å². The number of benzene rings is 2. The number of amides is 1. The van der Waals surface area contributed by atoms with Crippen LogP contribution in [0.2, 0.25) is 0 Å². The molecule has 1 saturated heterocycles. The van der Waals surface area contributed by atoms with E-state index in [0.717, 1.165) is 24.3 Å². The van der Waals surface area contributed by atoms with Gasteiger partial charge in [0, 0.05) is 42.4 Å². The fourth-order valence-corrected chi connectivity index (χ4v) is 3.47. The molecule has 1 fully saturated rings. The highest BCUT2D eigenvalue weighted by Gasteiger charge is 2.10. The molecule has 1 aromatic heterocycles. The molecule has 1 aliphatic rings. The van der Waals surface area contributed by atoms with Crippen molar-refractivity contribution in [2.75, 3.05) is 18.0 Å². The zero-order valence-electron chi connectivity index (χ0n) is 15.8. The minimum absolute atomic E-state index is 0.227. The maximum Gasteiger partial charge on any atom is 0.271 e. The highest BCUT2D eigenvalue weighted by atomic mass is 16.2. The second kappa shape index (κ2) is 8.57. The minimum atomic E-state index is -0.227. The second-order valence-electron chi connectivity index (χ2n) is 6.98. The van der Waals surface area contributed by atoms with E-state index in [1.165, 1.54) is 24.9 Å². The lowest BCUT2D eigenvalue weighted by Crippen LogP contribution is -2.29. The highest BCUT2D eigenvalue weighted by molar-refractivity contribution is 5.95. The molecule has 0 radical (unpaired) electrons. The maximum absolute atomic E-state index is 12.4. The molecule has 0 aliphatic carbocycles. The van der Waals surface area contributed by atoms with Crippen LogP contribution in [0.3, 0.4) is 0 Å². The van der Waals surface area contributed by atoms with Gasteiger partial charge in [0.25, 0.3) is 5.91 Å². The summed E-state index contributed by atoms with van der Waals surface area (Å²) in [6.45, 7) is 2.26. The van der Waals surface area contributed by atoms with Crippen LogP contribution in [0.5, 0.6) is 0 Å². The summed E-state index contributed by atoms with van der Waals surface area (Å²) in [5.74, 6) is -0.227. The molecule has 2 aromatic carbocycles. The predicted molar refractivity (Wildman–Crippen MR) is 113 cm³/mol. The van der Waals surface area contributed by atoms with Crippen LogP contribution in [0.1, 0.15) is 35.2 Å². The van der Waals surface area contributed by atoms with E-state index in [1.807, 2.05) is 59.4 Å². The second-order valence-corrected chi connectivity index (χ2v) is 6.98. The molecule has 0 spiro atoms. The summed E-state index contributed by atoms with van der Waals surface area (Å²) in [5, 5.41) is 4.11. The van der Waals surface area contributed by atoms with Gasteiger partial charge in [0.2, 0.25) is 0 Å². The van der Waals surface area contributed by atoms with Crippen LogP contribution in [0.4, 0.5) is 5.69 Å². The SMILES string of the molecule is O=C(N/N=C/c1ccc(N2CCCCC2)cc1)c1cccc(-n2cccc2)c1. The van der Waals surface area contributed by atoms with Crippen LogP contribution in [0.25, 0.3) is 5.69 Å². The number of rotatable bonds is 5. The summed E-state index contributed by atoms with van der Waals surface area (Å²) in [7, 11) is 0. The maximum atomic E-state index is 12.4. The van der Waals surface area contributed by atoms with E-state index >= 15 is 0 Å². The minimum Gasteiger partial charge on any atom is -0.372 e. The Balaban J connectivity index is 1.37. The predicted octanol–water partition coefficient (Wildman–Crippen LogP) is 4.23. The summed E-state index contributed by atoms with van der Waals surface area (Å²) in [5.41, 5.74) is 6.33. The average molecular weight is 372 g/mol. The molecule has 28 heavy (non-hydrogen) atoms. The van der Waals surface area contributed by atoms with Gasteiger partial charge in [-0.1, -0.05) is 18.2 Å². The van der Waals surface area contributed by atoms with Gasteiger partial charge in [-0.3, -0.25) is 4.79 Å². The number of hydrogen-bond donors (Lipinski definition) is 1. The first kappa shape index (κ1) is 18.0. The van der Waals surface area contributed by atoms with Crippen molar-refractivity contribution in [3.05, 3.63) is 84.2 Å². The van der Waals surface area contributed by atoms with Crippen molar-refractivity contribution in [2.45, 2.75) is 19.3 Å². The number of nitrogens with one attached hydrogen (secondary N) is 1. The summed E-state index contributed by atoms with van der Waals surface area (Å²) in [4.78, 5) is 14.8. The number of aromatic nitrogens is 1. The van der Waals surface area contributed by atoms with Gasteiger partial charge >= 0.3 is 0 Å². The topological polar surface area (TPSA) is 49.6 Å². The third kappa shape index (κ3) is 4.31. The van der Waals surface area contributed by atoms with E-state index < -0.39 is 0 Å². The van der Waals surface area contributed by atoms with Crippen LogP contribution in [0.15, 0.2) is 78.2 Å². The molecule has 142 valence electrons. The summed E-state index contributed by atoms with van der Waals surface area (Å²) in [6.07, 6.45) is 9.43. The molecule has 1 aliphatic heterocycles. The van der Waals surface area contributed by atoms with E-state index in [-0.39, 0.29) is 5.91 Å². The Bertz CT molecular complexity index is 939. The van der Waals surface area contributed by atoms with Gasteiger partial charge in [-0.15, -0.1) is 0 Å². The molecule has 4 rings (SSSR count). The Morgan fingerprint density at radius 2 is 1.64 bits per heavy atom. The highest BCUT2D eigenvalue weighted by Crippen LogP contribution is 2.19. The monoisotopic (exact) mass is 372 g/mol. The Labute approximate surface area is 165 Å². The van der Waals surface area contributed by atoms with E-state index in [1.54, 1.807) is 12.3 Å². The van der Waals surface area contributed by atoms with Gasteiger partial charge in [0.15, 0.2) is 0 Å². The van der Waals surface area contributed by atoms with E-state index in [9.17, 15) is 4.79 Å². The Kier molecular flexibility index (Phi) is 5.52. The molecule has 0 unspecified atom stereocenters. The van der Waals surface area contributed by atoms with Gasteiger partial charge in [-0.2, -0.15) is 5.10 Å². The number of carbonyl (C=O) groups is 1. The third-order valence-electron chi connectivity index (χ3n) is 5.00. The fourth-order valence-electron chi connectivity index (χ4n) is 3.47. The Hall–Kier alpha value is -3.34. The van der Waals surface area contributed by atoms with Gasteiger partial charge < -0.3 is 9.47 Å². The summed E-state index contributed by atoms with van der Waals surface area (Å²) >= 11 is 0. The lowest BCUT2D eigenvalue weighted by Gasteiger charge is -2.28. The van der Waals surface area contributed by atoms with Crippen molar-refractivity contribution in [1.82, 2.24) is 9.99 Å². The van der Waals surface area contributed by atoms with Gasteiger partial charge in [-0.05, 0) is 67.3 Å². The molecular weight excluding hydrogens is 348 g/mol.